The minimum absolute atomic E-state index is 0. The van der Waals surface area contributed by atoms with Crippen LogP contribution < -0.4 is 4.74 Å². The van der Waals surface area contributed by atoms with E-state index in [1.807, 2.05) is 7.05 Å². The van der Waals surface area contributed by atoms with Crippen molar-refractivity contribution in [1.82, 2.24) is 0 Å². The summed E-state index contributed by atoms with van der Waals surface area (Å²) < 4.78 is 6.23. The van der Waals surface area contributed by atoms with Crippen molar-refractivity contribution >= 4 is 0 Å². The van der Waals surface area contributed by atoms with E-state index in [9.17, 15) is 0 Å². The topological polar surface area (TPSA) is 23.3 Å². The second-order valence-corrected chi connectivity index (χ2v) is 7.04. The molecule has 2 rings (SSSR count). The Labute approximate surface area is 156 Å². The number of hydrogen-bond acceptors (Lipinski definition) is 1. The molecule has 1 aromatic rings. The van der Waals surface area contributed by atoms with Gasteiger partial charge in [0.15, 0.2) is 0 Å². The molecule has 0 N–H and O–H groups in total. The molecule has 0 aromatic heterocycles. The quantitative estimate of drug-likeness (QED) is 0.665. The molecule has 1 aliphatic rings. The minimum Gasteiger partial charge on any atom is -0.658 e. The molecule has 0 fully saturated rings. The van der Waals surface area contributed by atoms with Crippen molar-refractivity contribution in [3.8, 4) is 5.75 Å². The molecule has 1 aliphatic carbocycles. The van der Waals surface area contributed by atoms with Crippen LogP contribution in [-0.4, -0.2) is 12.6 Å². The fourth-order valence-corrected chi connectivity index (χ4v) is 2.35. The minimum atomic E-state index is -0.186. The van der Waals surface area contributed by atoms with E-state index in [4.69, 9.17) is 4.74 Å². The van der Waals surface area contributed by atoms with Crippen LogP contribution in [0.3, 0.4) is 0 Å². The first kappa shape index (κ1) is 21.1. The third kappa shape index (κ3) is 4.53. The maximum absolute atomic E-state index is 6.23. The van der Waals surface area contributed by atoms with Gasteiger partial charge < -0.3 is 17.5 Å². The van der Waals surface area contributed by atoms with Crippen LogP contribution in [0.5, 0.6) is 5.75 Å². The summed E-state index contributed by atoms with van der Waals surface area (Å²) in [5, 5.41) is 4.43. The molecule has 1 aromatic carbocycles. The van der Waals surface area contributed by atoms with Crippen molar-refractivity contribution in [2.24, 2.45) is 5.41 Å². The van der Waals surface area contributed by atoms with Gasteiger partial charge in [-0.05, 0) is 38.0 Å². The first-order valence-corrected chi connectivity index (χ1v) is 7.15. The molecule has 0 spiro atoms. The normalized spacial score (nSPS) is 17.5. The van der Waals surface area contributed by atoms with Gasteiger partial charge in [-0.1, -0.05) is 38.8 Å². The molecule has 1 atom stereocenters. The Kier molecular flexibility index (Phi) is 7.60. The van der Waals surface area contributed by atoms with Gasteiger partial charge in [0.25, 0.3) is 0 Å². The number of aryl methyl sites for hydroxylation is 1. The van der Waals surface area contributed by atoms with E-state index in [0.717, 1.165) is 18.6 Å². The summed E-state index contributed by atoms with van der Waals surface area (Å²) in [6.07, 6.45) is 2.25. The smallest absolute Gasteiger partial charge is 0.120 e. The second kappa shape index (κ2) is 7.57. The summed E-state index contributed by atoms with van der Waals surface area (Å²) in [5.41, 5.74) is 2.70. The first-order valence-electron chi connectivity index (χ1n) is 7.15. The molecule has 0 amide bonds. The van der Waals surface area contributed by atoms with Gasteiger partial charge in [0.1, 0.15) is 11.4 Å². The summed E-state index contributed by atoms with van der Waals surface area (Å²) in [4.78, 5) is 0. The summed E-state index contributed by atoms with van der Waals surface area (Å²) in [6, 6.07) is 6.87. The van der Waals surface area contributed by atoms with Gasteiger partial charge in [-0.3, -0.25) is 0 Å². The molecule has 1 unspecified atom stereocenters. The Morgan fingerprint density at radius 1 is 1.14 bits per heavy atom. The van der Waals surface area contributed by atoms with Crippen LogP contribution in [0.15, 0.2) is 18.2 Å². The molecule has 21 heavy (non-hydrogen) atoms. The number of benzene rings is 1. The molecular weight excluding hydrogens is 335 g/mol. The van der Waals surface area contributed by atoms with Crippen LogP contribution in [0.2, 0.25) is 0 Å². The van der Waals surface area contributed by atoms with Gasteiger partial charge in [-0.2, -0.15) is 7.05 Å². The van der Waals surface area contributed by atoms with Crippen LogP contribution in [0.25, 0.3) is 5.32 Å². The van der Waals surface area contributed by atoms with Crippen molar-refractivity contribution in [3.63, 3.8) is 0 Å². The summed E-state index contributed by atoms with van der Waals surface area (Å²) >= 11 is 0. The van der Waals surface area contributed by atoms with E-state index < -0.39 is 0 Å². The molecule has 1 radical (unpaired) electrons. The zero-order valence-electron chi connectivity index (χ0n) is 14.7. The van der Waals surface area contributed by atoms with Crippen molar-refractivity contribution in [2.75, 3.05) is 7.05 Å². The Balaban J connectivity index is 0.00000200. The van der Waals surface area contributed by atoms with Crippen LogP contribution in [0.1, 0.15) is 58.2 Å². The predicted octanol–water partition coefficient (Wildman–Crippen LogP) is 5.33. The molecule has 0 heterocycles. The Hall–Kier alpha value is 0.0839. The van der Waals surface area contributed by atoms with Crippen molar-refractivity contribution in [1.29, 1.82) is 0 Å². The van der Waals surface area contributed by atoms with E-state index in [1.165, 1.54) is 11.1 Å². The predicted molar refractivity (Wildman–Crippen MR) is 87.4 cm³/mol. The Morgan fingerprint density at radius 2 is 1.76 bits per heavy atom. The third-order valence-corrected chi connectivity index (χ3v) is 4.65. The van der Waals surface area contributed by atoms with Gasteiger partial charge in [-0.15, -0.1) is 6.04 Å². The SMILES string of the molecule is C[N-]C1CCc2cc(OC(C)(C)C(C)(C)C)ccc21.[CH3-].[Y]. The van der Waals surface area contributed by atoms with Gasteiger partial charge >= 0.3 is 0 Å². The average molecular weight is 364 g/mol. The van der Waals surface area contributed by atoms with E-state index in [-0.39, 0.29) is 51.2 Å². The molecule has 0 aliphatic heterocycles. The maximum Gasteiger partial charge on any atom is 0.120 e. The van der Waals surface area contributed by atoms with Crippen LogP contribution >= 0.6 is 0 Å². The zero-order valence-corrected chi connectivity index (χ0v) is 17.5. The molecule has 0 saturated heterocycles. The molecular formula is C18H29NOY-2. The molecule has 2 nitrogen and oxygen atoms in total. The summed E-state index contributed by atoms with van der Waals surface area (Å²) in [6.45, 7) is 11.0. The van der Waals surface area contributed by atoms with Gasteiger partial charge in [0.2, 0.25) is 0 Å². The Bertz CT molecular complexity index is 463. The fourth-order valence-electron chi connectivity index (χ4n) is 2.35. The molecule has 0 saturated carbocycles. The number of nitrogens with zero attached hydrogens (tertiary/aromatic N) is 1. The molecule has 117 valence electrons. The van der Waals surface area contributed by atoms with Gasteiger partial charge in [0.05, 0.1) is 0 Å². The van der Waals surface area contributed by atoms with Crippen LogP contribution in [0.4, 0.5) is 0 Å². The average Bonchev–Trinajstić information content (AvgIpc) is 2.69. The summed E-state index contributed by atoms with van der Waals surface area (Å²) in [7, 11) is 1.91. The number of fused-ring (bicyclic) bond motifs is 1. The number of ether oxygens (including phenoxy) is 1. The van der Waals surface area contributed by atoms with Crippen molar-refractivity contribution in [2.45, 2.75) is 59.1 Å². The van der Waals surface area contributed by atoms with E-state index in [1.54, 1.807) is 0 Å². The zero-order chi connectivity index (χ0) is 14.3. The van der Waals surface area contributed by atoms with Gasteiger partial charge in [0, 0.05) is 38.1 Å². The third-order valence-electron chi connectivity index (χ3n) is 4.65. The first-order chi connectivity index (χ1) is 8.74. The van der Waals surface area contributed by atoms with Crippen molar-refractivity contribution in [3.05, 3.63) is 42.1 Å². The van der Waals surface area contributed by atoms with Crippen LogP contribution in [0, 0.1) is 12.8 Å². The molecule has 3 heteroatoms. The van der Waals surface area contributed by atoms with E-state index in [0.29, 0.717) is 6.04 Å². The largest absolute Gasteiger partial charge is 0.658 e. The monoisotopic (exact) mass is 364 g/mol. The number of rotatable bonds is 3. The molecule has 0 bridgehead atoms. The standard InChI is InChI=1S/C17H26NO.CH3.Y/c1-16(2,3)17(4,5)19-13-8-9-14-12(11-13)7-10-15(14)18-6;;/h8-9,11,15H,7,10H2,1-6H3;1H3;/q2*-1;. The Morgan fingerprint density at radius 3 is 2.29 bits per heavy atom. The van der Waals surface area contributed by atoms with E-state index >= 15 is 0 Å². The number of hydrogen-bond donors (Lipinski definition) is 0. The second-order valence-electron chi connectivity index (χ2n) is 7.04. The summed E-state index contributed by atoms with van der Waals surface area (Å²) in [5.74, 6) is 0.982. The maximum atomic E-state index is 6.23. The van der Waals surface area contributed by atoms with E-state index in [2.05, 4.69) is 58.1 Å². The van der Waals surface area contributed by atoms with Crippen LogP contribution in [-0.2, 0) is 39.1 Å². The van der Waals surface area contributed by atoms with Gasteiger partial charge in [-0.25, -0.2) is 0 Å². The van der Waals surface area contributed by atoms with Crippen molar-refractivity contribution < 1.29 is 37.4 Å². The fraction of sp³-hybridized carbons (Fsp3) is 0.611.